The van der Waals surface area contributed by atoms with Crippen LogP contribution in [0.3, 0.4) is 0 Å². The van der Waals surface area contributed by atoms with Gasteiger partial charge in [-0.05, 0) is 24.6 Å². The summed E-state index contributed by atoms with van der Waals surface area (Å²) in [6.45, 7) is 1.85. The lowest BCUT2D eigenvalue weighted by Gasteiger charge is -2.01. The minimum Gasteiger partial charge on any atom is -0.320 e. The highest BCUT2D eigenvalue weighted by Gasteiger charge is 2.24. The van der Waals surface area contributed by atoms with Crippen molar-refractivity contribution in [3.05, 3.63) is 28.3 Å². The largest absolute Gasteiger partial charge is 0.320 e. The van der Waals surface area contributed by atoms with E-state index in [1.54, 1.807) is 12.1 Å². The van der Waals surface area contributed by atoms with Crippen LogP contribution in [0.2, 0.25) is 5.02 Å². The molecule has 0 unspecified atom stereocenters. The van der Waals surface area contributed by atoms with Crippen LogP contribution in [0.1, 0.15) is 11.1 Å². The number of hydrogen-bond acceptors (Lipinski definition) is 2. The average molecular weight is 195 g/mol. The Bertz CT molecular complexity index is 426. The summed E-state index contributed by atoms with van der Waals surface area (Å²) in [6.07, 6.45) is 0. The number of aryl methyl sites for hydroxylation is 1. The van der Waals surface area contributed by atoms with Crippen molar-refractivity contribution in [2.45, 2.75) is 6.92 Å². The first-order valence-corrected chi connectivity index (χ1v) is 4.18. The van der Waals surface area contributed by atoms with Gasteiger partial charge < -0.3 is 5.32 Å². The Hall–Kier alpha value is -1.35. The average Bonchev–Trinajstić information content (AvgIpc) is 2.32. The van der Waals surface area contributed by atoms with Crippen molar-refractivity contribution in [1.29, 1.82) is 5.41 Å². The van der Waals surface area contributed by atoms with Gasteiger partial charge in [-0.1, -0.05) is 11.6 Å². The molecule has 13 heavy (non-hydrogen) atoms. The van der Waals surface area contributed by atoms with E-state index in [1.807, 2.05) is 6.92 Å². The van der Waals surface area contributed by atoms with Crippen molar-refractivity contribution >= 4 is 28.9 Å². The van der Waals surface area contributed by atoms with Crippen LogP contribution in [-0.4, -0.2) is 11.6 Å². The quantitative estimate of drug-likeness (QED) is 0.652. The minimum absolute atomic E-state index is 0.00904. The van der Waals surface area contributed by atoms with E-state index in [2.05, 4.69) is 5.32 Å². The van der Waals surface area contributed by atoms with Gasteiger partial charge in [0.1, 0.15) is 5.71 Å². The van der Waals surface area contributed by atoms with E-state index in [4.69, 9.17) is 17.0 Å². The molecular formula is C9H7ClN2O. The fraction of sp³-hybridized carbons (Fsp3) is 0.111. The highest BCUT2D eigenvalue weighted by Crippen LogP contribution is 2.28. The summed E-state index contributed by atoms with van der Waals surface area (Å²) in [4.78, 5) is 11.1. The Morgan fingerprint density at radius 2 is 2.15 bits per heavy atom. The molecule has 0 atom stereocenters. The Morgan fingerprint density at radius 3 is 2.85 bits per heavy atom. The highest BCUT2D eigenvalue weighted by molar-refractivity contribution is 6.53. The van der Waals surface area contributed by atoms with E-state index in [9.17, 15) is 4.79 Å². The lowest BCUT2D eigenvalue weighted by atomic mass is 10.1. The first kappa shape index (κ1) is 8.26. The molecule has 0 aromatic heterocycles. The first-order chi connectivity index (χ1) is 6.09. The maximum Gasteiger partial charge on any atom is 0.274 e. The molecule has 0 bridgehead atoms. The zero-order valence-corrected chi connectivity index (χ0v) is 7.70. The maximum atomic E-state index is 11.1. The Labute approximate surface area is 80.2 Å². The number of benzene rings is 1. The van der Waals surface area contributed by atoms with Crippen molar-refractivity contribution in [2.75, 3.05) is 5.32 Å². The highest BCUT2D eigenvalue weighted by atomic mass is 35.5. The zero-order chi connectivity index (χ0) is 9.59. The van der Waals surface area contributed by atoms with Crippen molar-refractivity contribution < 1.29 is 4.79 Å². The monoisotopic (exact) mass is 194 g/mol. The van der Waals surface area contributed by atoms with Gasteiger partial charge in [-0.3, -0.25) is 10.2 Å². The predicted molar refractivity (Wildman–Crippen MR) is 51.6 cm³/mol. The number of rotatable bonds is 0. The number of carbonyl (C=O) groups is 1. The van der Waals surface area contributed by atoms with E-state index >= 15 is 0 Å². The van der Waals surface area contributed by atoms with Crippen LogP contribution in [0.5, 0.6) is 0 Å². The van der Waals surface area contributed by atoms with E-state index in [0.29, 0.717) is 16.3 Å². The summed E-state index contributed by atoms with van der Waals surface area (Å²) in [5.41, 5.74) is 2.15. The second-order valence-corrected chi connectivity index (χ2v) is 3.38. The summed E-state index contributed by atoms with van der Waals surface area (Å²) in [5.74, 6) is -0.364. The van der Waals surface area contributed by atoms with Gasteiger partial charge in [0.2, 0.25) is 0 Å². The van der Waals surface area contributed by atoms with Gasteiger partial charge in [0.15, 0.2) is 0 Å². The standard InChI is InChI=1S/C9H7ClN2O/c1-4-2-5-7(3-6(4)10)12-9(13)8(5)11/h2-3H,1H3,(H2,11,12,13). The van der Waals surface area contributed by atoms with Gasteiger partial charge >= 0.3 is 0 Å². The second kappa shape index (κ2) is 2.57. The first-order valence-electron chi connectivity index (χ1n) is 3.80. The fourth-order valence-corrected chi connectivity index (χ4v) is 1.46. The molecule has 0 saturated heterocycles. The minimum atomic E-state index is -0.364. The number of hydrogen-bond donors (Lipinski definition) is 2. The fourth-order valence-electron chi connectivity index (χ4n) is 1.30. The Morgan fingerprint density at radius 1 is 1.46 bits per heavy atom. The van der Waals surface area contributed by atoms with E-state index < -0.39 is 0 Å². The van der Waals surface area contributed by atoms with Gasteiger partial charge in [0.05, 0.1) is 5.69 Å². The smallest absolute Gasteiger partial charge is 0.274 e. The van der Waals surface area contributed by atoms with Gasteiger partial charge in [0.25, 0.3) is 5.91 Å². The Balaban J connectivity index is 2.66. The molecule has 2 N–H and O–H groups in total. The summed E-state index contributed by atoms with van der Waals surface area (Å²) < 4.78 is 0. The normalized spacial score (nSPS) is 14.3. The maximum absolute atomic E-state index is 11.1. The molecule has 1 aliphatic heterocycles. The molecule has 66 valence electrons. The second-order valence-electron chi connectivity index (χ2n) is 2.98. The number of fused-ring (bicyclic) bond motifs is 1. The number of halogens is 1. The third kappa shape index (κ3) is 1.12. The molecule has 4 heteroatoms. The molecule has 1 amide bonds. The molecule has 0 saturated carbocycles. The number of anilines is 1. The third-order valence-electron chi connectivity index (χ3n) is 2.04. The van der Waals surface area contributed by atoms with Crippen LogP contribution in [0.4, 0.5) is 5.69 Å². The van der Waals surface area contributed by atoms with Gasteiger partial charge in [-0.25, -0.2) is 0 Å². The molecule has 1 aromatic rings. The number of carbonyl (C=O) groups excluding carboxylic acids is 1. The number of nitrogens with one attached hydrogen (secondary N) is 2. The molecule has 1 aromatic carbocycles. The van der Waals surface area contributed by atoms with Gasteiger partial charge in [0, 0.05) is 10.6 Å². The van der Waals surface area contributed by atoms with Crippen LogP contribution < -0.4 is 5.32 Å². The van der Waals surface area contributed by atoms with Crippen LogP contribution in [0.15, 0.2) is 12.1 Å². The molecule has 2 rings (SSSR count). The summed E-state index contributed by atoms with van der Waals surface area (Å²) in [7, 11) is 0. The molecule has 0 spiro atoms. The lowest BCUT2D eigenvalue weighted by molar-refractivity contribution is -0.110. The van der Waals surface area contributed by atoms with Crippen molar-refractivity contribution in [2.24, 2.45) is 0 Å². The van der Waals surface area contributed by atoms with Crippen molar-refractivity contribution in [3.8, 4) is 0 Å². The topological polar surface area (TPSA) is 53.0 Å². The molecule has 0 aliphatic carbocycles. The van der Waals surface area contributed by atoms with Gasteiger partial charge in [-0.15, -0.1) is 0 Å². The molecule has 0 fully saturated rings. The van der Waals surface area contributed by atoms with Crippen molar-refractivity contribution in [1.82, 2.24) is 0 Å². The Kier molecular flexibility index (Phi) is 1.63. The molecular weight excluding hydrogens is 188 g/mol. The number of amides is 1. The lowest BCUT2D eigenvalue weighted by Crippen LogP contribution is -2.12. The summed E-state index contributed by atoms with van der Waals surface area (Å²) in [5, 5.41) is 10.6. The molecule has 1 aliphatic rings. The summed E-state index contributed by atoms with van der Waals surface area (Å²) >= 11 is 5.87. The van der Waals surface area contributed by atoms with E-state index in [1.165, 1.54) is 0 Å². The SMILES string of the molecule is Cc1cc2c(cc1Cl)NC(=O)C2=N. The summed E-state index contributed by atoms with van der Waals surface area (Å²) in [6, 6.07) is 3.42. The molecule has 0 radical (unpaired) electrons. The zero-order valence-electron chi connectivity index (χ0n) is 6.94. The van der Waals surface area contributed by atoms with Crippen molar-refractivity contribution in [3.63, 3.8) is 0 Å². The van der Waals surface area contributed by atoms with Crippen LogP contribution in [0, 0.1) is 12.3 Å². The van der Waals surface area contributed by atoms with E-state index in [-0.39, 0.29) is 11.6 Å². The molecule has 1 heterocycles. The molecule has 3 nitrogen and oxygen atoms in total. The van der Waals surface area contributed by atoms with Gasteiger partial charge in [-0.2, -0.15) is 0 Å². The third-order valence-corrected chi connectivity index (χ3v) is 2.45. The van der Waals surface area contributed by atoms with E-state index in [0.717, 1.165) is 5.56 Å². The predicted octanol–water partition coefficient (Wildman–Crippen LogP) is 1.97. The van der Waals surface area contributed by atoms with Crippen LogP contribution >= 0.6 is 11.6 Å². The van der Waals surface area contributed by atoms with Crippen LogP contribution in [-0.2, 0) is 4.79 Å². The van der Waals surface area contributed by atoms with Crippen LogP contribution in [0.25, 0.3) is 0 Å².